The van der Waals surface area contributed by atoms with Crippen LogP contribution in [-0.4, -0.2) is 17.9 Å². The molecule has 2 aliphatic carbocycles. The van der Waals surface area contributed by atoms with E-state index >= 15 is 0 Å². The van der Waals surface area contributed by atoms with Crippen molar-refractivity contribution in [1.82, 2.24) is 5.32 Å². The predicted molar refractivity (Wildman–Crippen MR) is 111 cm³/mol. The van der Waals surface area contributed by atoms with Gasteiger partial charge >= 0.3 is 5.97 Å². The van der Waals surface area contributed by atoms with E-state index in [4.69, 9.17) is 4.74 Å². The molecule has 1 aliphatic heterocycles. The van der Waals surface area contributed by atoms with Gasteiger partial charge in [0, 0.05) is 28.3 Å². The number of hydrogen-bond acceptors (Lipinski definition) is 5. The first-order valence-corrected chi connectivity index (χ1v) is 11.2. The van der Waals surface area contributed by atoms with Gasteiger partial charge in [-0.2, -0.15) is 0 Å². The van der Waals surface area contributed by atoms with E-state index in [2.05, 4.69) is 19.2 Å². The molecule has 28 heavy (non-hydrogen) atoms. The Morgan fingerprint density at radius 3 is 2.64 bits per heavy atom. The molecule has 2 heterocycles. The van der Waals surface area contributed by atoms with Gasteiger partial charge in [-0.25, -0.2) is 4.79 Å². The molecule has 1 aromatic heterocycles. The van der Waals surface area contributed by atoms with Crippen LogP contribution in [0.25, 0.3) is 0 Å². The molecule has 1 saturated carbocycles. The van der Waals surface area contributed by atoms with Crippen molar-refractivity contribution in [2.24, 2.45) is 5.41 Å². The second-order valence-electron chi connectivity index (χ2n) is 9.11. The number of ketones is 1. The number of ether oxygens (including phenoxy) is 1. The lowest BCUT2D eigenvalue weighted by atomic mass is 9.70. The first-order chi connectivity index (χ1) is 13.4. The molecule has 0 bridgehead atoms. The lowest BCUT2D eigenvalue weighted by Gasteiger charge is -2.39. The average molecular weight is 400 g/mol. The Hall–Kier alpha value is -1.88. The molecule has 3 aliphatic rings. The fourth-order valence-corrected chi connectivity index (χ4v) is 5.69. The summed E-state index contributed by atoms with van der Waals surface area (Å²) in [6, 6.07) is 4.01. The van der Waals surface area contributed by atoms with Gasteiger partial charge in [0.05, 0.1) is 11.5 Å². The normalized spacial score (nSPS) is 25.4. The summed E-state index contributed by atoms with van der Waals surface area (Å²) in [6.07, 6.45) is 6.67. The van der Waals surface area contributed by atoms with Crippen LogP contribution in [-0.2, 0) is 14.3 Å². The van der Waals surface area contributed by atoms with Crippen molar-refractivity contribution in [1.29, 1.82) is 0 Å². The summed E-state index contributed by atoms with van der Waals surface area (Å²) in [5.74, 6) is -0.428. The third-order valence-corrected chi connectivity index (χ3v) is 7.05. The number of rotatable bonds is 3. The predicted octanol–water partition coefficient (Wildman–Crippen LogP) is 5.23. The minimum atomic E-state index is -0.309. The Morgan fingerprint density at radius 1 is 1.21 bits per heavy atom. The van der Waals surface area contributed by atoms with Crippen molar-refractivity contribution in [3.8, 4) is 0 Å². The van der Waals surface area contributed by atoms with Gasteiger partial charge in [-0.3, -0.25) is 4.79 Å². The third-order valence-electron chi connectivity index (χ3n) is 6.11. The van der Waals surface area contributed by atoms with Gasteiger partial charge in [0.15, 0.2) is 5.78 Å². The van der Waals surface area contributed by atoms with Gasteiger partial charge in [0.25, 0.3) is 0 Å². The number of hydrogen-bond donors (Lipinski definition) is 1. The summed E-state index contributed by atoms with van der Waals surface area (Å²) < 4.78 is 5.92. The maximum atomic E-state index is 13.2. The van der Waals surface area contributed by atoms with Gasteiger partial charge in [0.2, 0.25) is 0 Å². The molecule has 1 aromatic rings. The molecule has 0 unspecified atom stereocenters. The van der Waals surface area contributed by atoms with Gasteiger partial charge in [-0.05, 0) is 55.9 Å². The van der Waals surface area contributed by atoms with Crippen molar-refractivity contribution in [2.75, 3.05) is 0 Å². The summed E-state index contributed by atoms with van der Waals surface area (Å²) in [5.41, 5.74) is 3.11. The Balaban J connectivity index is 1.71. The number of thiophene rings is 1. The van der Waals surface area contributed by atoms with Gasteiger partial charge in [-0.15, -0.1) is 11.3 Å². The number of nitrogens with one attached hydrogen (secondary N) is 1. The van der Waals surface area contributed by atoms with Crippen molar-refractivity contribution >= 4 is 23.1 Å². The van der Waals surface area contributed by atoms with E-state index in [1.807, 2.05) is 24.4 Å². The van der Waals surface area contributed by atoms with Crippen LogP contribution < -0.4 is 5.32 Å². The van der Waals surface area contributed by atoms with Crippen molar-refractivity contribution < 1.29 is 14.3 Å². The van der Waals surface area contributed by atoms with Crippen LogP contribution in [0.4, 0.5) is 0 Å². The zero-order valence-electron chi connectivity index (χ0n) is 17.0. The zero-order chi connectivity index (χ0) is 19.9. The van der Waals surface area contributed by atoms with E-state index < -0.39 is 0 Å². The highest BCUT2D eigenvalue weighted by Gasteiger charge is 2.43. The molecule has 1 atom stereocenters. The van der Waals surface area contributed by atoms with Crippen molar-refractivity contribution in [3.63, 3.8) is 0 Å². The van der Waals surface area contributed by atoms with Crippen molar-refractivity contribution in [2.45, 2.75) is 77.7 Å². The highest BCUT2D eigenvalue weighted by atomic mass is 32.1. The summed E-state index contributed by atoms with van der Waals surface area (Å²) in [4.78, 5) is 27.4. The van der Waals surface area contributed by atoms with Gasteiger partial charge in [-0.1, -0.05) is 26.3 Å². The zero-order valence-corrected chi connectivity index (χ0v) is 17.8. The van der Waals surface area contributed by atoms with Gasteiger partial charge < -0.3 is 10.1 Å². The largest absolute Gasteiger partial charge is 0.459 e. The maximum Gasteiger partial charge on any atom is 0.337 e. The van der Waals surface area contributed by atoms with Crippen LogP contribution in [0.2, 0.25) is 0 Å². The maximum absolute atomic E-state index is 13.2. The summed E-state index contributed by atoms with van der Waals surface area (Å²) >= 11 is 1.60. The fraction of sp³-hybridized carbons (Fsp3) is 0.565. The Morgan fingerprint density at radius 2 is 1.96 bits per heavy atom. The first-order valence-electron chi connectivity index (χ1n) is 10.3. The second-order valence-corrected chi connectivity index (χ2v) is 10.1. The van der Waals surface area contributed by atoms with Crippen LogP contribution in [0.3, 0.4) is 0 Å². The first kappa shape index (κ1) is 19.4. The van der Waals surface area contributed by atoms with E-state index in [0.717, 1.165) is 53.9 Å². The quantitative estimate of drug-likeness (QED) is 0.707. The molecule has 4 nitrogen and oxygen atoms in total. The Bertz CT molecular complexity index is 841. The molecule has 0 amide bonds. The lowest BCUT2D eigenvalue weighted by Crippen LogP contribution is -2.39. The van der Waals surface area contributed by atoms with E-state index in [1.165, 1.54) is 6.42 Å². The number of allylic oxidation sites excluding steroid dienone is 3. The molecule has 0 radical (unpaired) electrons. The third kappa shape index (κ3) is 3.69. The fourth-order valence-electron chi connectivity index (χ4n) is 4.84. The average Bonchev–Trinajstić information content (AvgIpc) is 3.14. The lowest BCUT2D eigenvalue weighted by molar-refractivity contribution is -0.146. The minimum Gasteiger partial charge on any atom is -0.459 e. The summed E-state index contributed by atoms with van der Waals surface area (Å²) in [5, 5.41) is 5.41. The summed E-state index contributed by atoms with van der Waals surface area (Å²) in [6.45, 7) is 6.19. The van der Waals surface area contributed by atoms with Crippen molar-refractivity contribution in [3.05, 3.63) is 44.9 Å². The van der Waals surface area contributed by atoms with Crippen LogP contribution >= 0.6 is 11.3 Å². The number of esters is 1. The number of carbonyl (C=O) groups excluding carboxylic acids is 2. The van der Waals surface area contributed by atoms with E-state index in [0.29, 0.717) is 12.0 Å². The topological polar surface area (TPSA) is 55.4 Å². The molecule has 0 spiro atoms. The van der Waals surface area contributed by atoms with Crippen LogP contribution in [0.1, 0.15) is 76.5 Å². The van der Waals surface area contributed by atoms with Crippen LogP contribution in [0, 0.1) is 5.41 Å². The molecule has 0 aromatic carbocycles. The molecule has 5 heteroatoms. The second kappa shape index (κ2) is 7.51. The molecule has 1 N–H and O–H groups in total. The highest BCUT2D eigenvalue weighted by Crippen LogP contribution is 2.47. The molecular formula is C23H29NO3S. The smallest absolute Gasteiger partial charge is 0.337 e. The molecule has 1 fully saturated rings. The van der Waals surface area contributed by atoms with Gasteiger partial charge in [0.1, 0.15) is 6.10 Å². The number of Topliss-reactive ketones (excluding diaryl/α,β-unsaturated/α-hetero) is 1. The number of carbonyl (C=O) groups is 2. The van der Waals surface area contributed by atoms with Crippen LogP contribution in [0.5, 0.6) is 0 Å². The molecule has 0 saturated heterocycles. The molecule has 150 valence electrons. The SMILES string of the molecule is CC1=C(C(=O)OC2CCCCC2)[C@@H](c2cccs2)C2=C(CC(C)(C)CC2=O)N1. The summed E-state index contributed by atoms with van der Waals surface area (Å²) in [7, 11) is 0. The van der Waals surface area contributed by atoms with E-state index in [-0.39, 0.29) is 29.2 Å². The molecular weight excluding hydrogens is 370 g/mol. The minimum absolute atomic E-state index is 0.00176. The van der Waals surface area contributed by atoms with E-state index in [9.17, 15) is 9.59 Å². The standard InChI is InChI=1S/C23H29NO3S/c1-14-19(22(26)27-15-8-5-4-6-9-15)21(18-10-7-11-28-18)20-16(24-14)12-23(2,3)13-17(20)25/h7,10-11,15,21,24H,4-6,8-9,12-13H2,1-3H3/t21-/m1/s1. The highest BCUT2D eigenvalue weighted by molar-refractivity contribution is 7.10. The molecule has 4 rings (SSSR count). The Labute approximate surface area is 171 Å². The van der Waals surface area contributed by atoms with Crippen LogP contribution in [0.15, 0.2) is 40.1 Å². The number of dihydropyridines is 1. The van der Waals surface area contributed by atoms with E-state index in [1.54, 1.807) is 11.3 Å². The Kier molecular flexibility index (Phi) is 5.21. The monoisotopic (exact) mass is 399 g/mol.